The molecule has 0 bridgehead atoms. The fourth-order valence-corrected chi connectivity index (χ4v) is 3.44. The first-order valence-electron chi connectivity index (χ1n) is 10.7. The standard InChI is InChI=1S/C25H22N6O4/c1-26-25(33)28-20-11-9-19(10-12-20)27-23(32)15-18-16-30(21-5-3-2-4-6-21)29-24(18)17-7-13-22(14-8-17)31(34)35/h2-14,16H,15H2,1H3,(H,27,32)(H2,26,28,33). The van der Waals surface area contributed by atoms with E-state index in [0.717, 1.165) is 5.69 Å². The maximum atomic E-state index is 12.8. The number of carbonyl (C=O) groups excluding carboxylic acids is 2. The van der Waals surface area contributed by atoms with Gasteiger partial charge in [-0.25, -0.2) is 9.48 Å². The summed E-state index contributed by atoms with van der Waals surface area (Å²) in [7, 11) is 1.52. The van der Waals surface area contributed by atoms with E-state index in [4.69, 9.17) is 0 Å². The number of hydrogen-bond donors (Lipinski definition) is 3. The topological polar surface area (TPSA) is 131 Å². The van der Waals surface area contributed by atoms with E-state index in [-0.39, 0.29) is 24.0 Å². The van der Waals surface area contributed by atoms with E-state index in [1.54, 1.807) is 47.3 Å². The van der Waals surface area contributed by atoms with Crippen LogP contribution in [-0.4, -0.2) is 33.7 Å². The van der Waals surface area contributed by atoms with Crippen molar-refractivity contribution >= 4 is 29.0 Å². The Bertz CT molecular complexity index is 1350. The molecular formula is C25H22N6O4. The summed E-state index contributed by atoms with van der Waals surface area (Å²) in [6, 6.07) is 21.9. The number of anilines is 2. The van der Waals surface area contributed by atoms with E-state index in [1.807, 2.05) is 30.3 Å². The molecule has 0 aliphatic heterocycles. The molecule has 0 atom stereocenters. The molecular weight excluding hydrogens is 448 g/mol. The van der Waals surface area contributed by atoms with Crippen LogP contribution in [0.5, 0.6) is 0 Å². The lowest BCUT2D eigenvalue weighted by molar-refractivity contribution is -0.384. The molecule has 0 aliphatic rings. The number of carbonyl (C=O) groups is 2. The summed E-state index contributed by atoms with van der Waals surface area (Å²) in [4.78, 5) is 34.8. The number of urea groups is 1. The highest BCUT2D eigenvalue weighted by Crippen LogP contribution is 2.26. The van der Waals surface area contributed by atoms with Crippen molar-refractivity contribution in [2.24, 2.45) is 0 Å². The molecule has 0 fully saturated rings. The number of nitrogens with one attached hydrogen (secondary N) is 3. The van der Waals surface area contributed by atoms with Gasteiger partial charge in [-0.15, -0.1) is 0 Å². The Balaban J connectivity index is 1.56. The molecule has 3 N–H and O–H groups in total. The molecule has 0 radical (unpaired) electrons. The molecule has 0 saturated carbocycles. The van der Waals surface area contributed by atoms with E-state index >= 15 is 0 Å². The highest BCUT2D eigenvalue weighted by molar-refractivity contribution is 5.94. The van der Waals surface area contributed by atoms with Gasteiger partial charge < -0.3 is 16.0 Å². The van der Waals surface area contributed by atoms with Crippen molar-refractivity contribution in [2.45, 2.75) is 6.42 Å². The highest BCUT2D eigenvalue weighted by Gasteiger charge is 2.17. The minimum Gasteiger partial charge on any atom is -0.341 e. The van der Waals surface area contributed by atoms with Gasteiger partial charge in [0.2, 0.25) is 5.91 Å². The Hall–Kier alpha value is -4.99. The average Bonchev–Trinajstić information content (AvgIpc) is 3.29. The van der Waals surface area contributed by atoms with Gasteiger partial charge in [-0.05, 0) is 48.5 Å². The van der Waals surface area contributed by atoms with Crippen LogP contribution in [0.4, 0.5) is 21.9 Å². The van der Waals surface area contributed by atoms with Crippen LogP contribution in [0, 0.1) is 10.1 Å². The van der Waals surface area contributed by atoms with Crippen molar-refractivity contribution in [1.82, 2.24) is 15.1 Å². The SMILES string of the molecule is CNC(=O)Nc1ccc(NC(=O)Cc2cn(-c3ccccc3)nc2-c2ccc([N+](=O)[O-])cc2)cc1. The summed E-state index contributed by atoms with van der Waals surface area (Å²) in [5, 5.41) is 23.6. The summed E-state index contributed by atoms with van der Waals surface area (Å²) in [5.74, 6) is -0.257. The number of nitro groups is 1. The van der Waals surface area contributed by atoms with Gasteiger partial charge in [-0.3, -0.25) is 14.9 Å². The Morgan fingerprint density at radius 1 is 0.914 bits per heavy atom. The summed E-state index contributed by atoms with van der Waals surface area (Å²) >= 11 is 0. The maximum absolute atomic E-state index is 12.8. The van der Waals surface area contributed by atoms with Gasteiger partial charge in [0.25, 0.3) is 5.69 Å². The zero-order valence-electron chi connectivity index (χ0n) is 18.8. The minimum absolute atomic E-state index is 0.0233. The van der Waals surface area contributed by atoms with Gasteiger partial charge in [0, 0.05) is 47.9 Å². The highest BCUT2D eigenvalue weighted by atomic mass is 16.6. The van der Waals surface area contributed by atoms with Crippen LogP contribution in [0.2, 0.25) is 0 Å². The number of para-hydroxylation sites is 1. The second-order valence-corrected chi connectivity index (χ2v) is 7.59. The first-order valence-corrected chi connectivity index (χ1v) is 10.7. The molecule has 35 heavy (non-hydrogen) atoms. The van der Waals surface area contributed by atoms with Crippen molar-refractivity contribution < 1.29 is 14.5 Å². The third kappa shape index (κ3) is 5.69. The predicted molar refractivity (Wildman–Crippen MR) is 133 cm³/mol. The van der Waals surface area contributed by atoms with Crippen molar-refractivity contribution in [3.05, 3.63) is 101 Å². The van der Waals surface area contributed by atoms with E-state index in [9.17, 15) is 19.7 Å². The summed E-state index contributed by atoms with van der Waals surface area (Å²) in [6.07, 6.45) is 1.82. The Kier molecular flexibility index (Phi) is 6.82. The van der Waals surface area contributed by atoms with Crippen molar-refractivity contribution in [2.75, 3.05) is 17.7 Å². The van der Waals surface area contributed by atoms with Crippen molar-refractivity contribution in [3.63, 3.8) is 0 Å². The van der Waals surface area contributed by atoms with Gasteiger partial charge in [-0.1, -0.05) is 18.2 Å². The van der Waals surface area contributed by atoms with E-state index < -0.39 is 4.92 Å². The lowest BCUT2D eigenvalue weighted by Crippen LogP contribution is -2.24. The molecule has 4 aromatic rings. The van der Waals surface area contributed by atoms with Crippen LogP contribution >= 0.6 is 0 Å². The fourth-order valence-electron chi connectivity index (χ4n) is 3.44. The molecule has 0 aliphatic carbocycles. The molecule has 0 saturated heterocycles. The average molecular weight is 470 g/mol. The van der Waals surface area contributed by atoms with Crippen LogP contribution in [0.15, 0.2) is 85.1 Å². The number of amides is 3. The van der Waals surface area contributed by atoms with Gasteiger partial charge >= 0.3 is 6.03 Å². The second kappa shape index (κ2) is 10.3. The Labute approximate surface area is 200 Å². The number of aromatic nitrogens is 2. The molecule has 1 aromatic heterocycles. The molecule has 0 unspecified atom stereocenters. The fraction of sp³-hybridized carbons (Fsp3) is 0.0800. The summed E-state index contributed by atoms with van der Waals surface area (Å²) < 4.78 is 1.68. The third-order valence-corrected chi connectivity index (χ3v) is 5.17. The van der Waals surface area contributed by atoms with Crippen LogP contribution in [0.3, 0.4) is 0 Å². The molecule has 3 amide bonds. The molecule has 176 valence electrons. The summed E-state index contributed by atoms with van der Waals surface area (Å²) in [5.41, 5.74) is 3.85. The number of non-ortho nitro benzene ring substituents is 1. The lowest BCUT2D eigenvalue weighted by Gasteiger charge is -2.08. The van der Waals surface area contributed by atoms with Gasteiger partial charge in [-0.2, -0.15) is 5.10 Å². The molecule has 1 heterocycles. The first-order chi connectivity index (χ1) is 16.9. The number of benzene rings is 3. The molecule has 10 heteroatoms. The summed E-state index contributed by atoms with van der Waals surface area (Å²) in [6.45, 7) is 0. The second-order valence-electron chi connectivity index (χ2n) is 7.59. The van der Waals surface area contributed by atoms with Gasteiger partial charge in [0.05, 0.1) is 22.7 Å². The van der Waals surface area contributed by atoms with Crippen LogP contribution in [-0.2, 0) is 11.2 Å². The molecule has 4 rings (SSSR count). The smallest absolute Gasteiger partial charge is 0.318 e. The van der Waals surface area contributed by atoms with E-state index in [2.05, 4.69) is 21.0 Å². The predicted octanol–water partition coefficient (Wildman–Crippen LogP) is 4.38. The molecule has 3 aromatic carbocycles. The van der Waals surface area contributed by atoms with Crippen LogP contribution in [0.1, 0.15) is 5.56 Å². The maximum Gasteiger partial charge on any atom is 0.318 e. The quantitative estimate of drug-likeness (QED) is 0.272. The van der Waals surface area contributed by atoms with Crippen LogP contribution in [0.25, 0.3) is 16.9 Å². The normalized spacial score (nSPS) is 10.4. The Morgan fingerprint density at radius 3 is 2.14 bits per heavy atom. The molecule has 0 spiro atoms. The number of nitro benzene ring substituents is 1. The van der Waals surface area contributed by atoms with E-state index in [0.29, 0.717) is 28.2 Å². The van der Waals surface area contributed by atoms with Crippen molar-refractivity contribution in [1.29, 1.82) is 0 Å². The van der Waals surface area contributed by atoms with E-state index in [1.165, 1.54) is 19.2 Å². The number of nitrogens with zero attached hydrogens (tertiary/aromatic N) is 3. The molecule has 10 nitrogen and oxygen atoms in total. The Morgan fingerprint density at radius 2 is 1.54 bits per heavy atom. The largest absolute Gasteiger partial charge is 0.341 e. The monoisotopic (exact) mass is 470 g/mol. The zero-order valence-corrected chi connectivity index (χ0v) is 18.8. The van der Waals surface area contributed by atoms with Crippen molar-refractivity contribution in [3.8, 4) is 16.9 Å². The first kappa shape index (κ1) is 23.2. The van der Waals surface area contributed by atoms with Crippen LogP contribution < -0.4 is 16.0 Å². The third-order valence-electron chi connectivity index (χ3n) is 5.17. The van der Waals surface area contributed by atoms with Gasteiger partial charge in [0.1, 0.15) is 0 Å². The number of rotatable bonds is 7. The minimum atomic E-state index is -0.462. The van der Waals surface area contributed by atoms with Gasteiger partial charge in [0.15, 0.2) is 0 Å². The lowest BCUT2D eigenvalue weighted by atomic mass is 10.1. The number of hydrogen-bond acceptors (Lipinski definition) is 5. The zero-order chi connectivity index (χ0) is 24.8.